The Bertz CT molecular complexity index is 1100. The van der Waals surface area contributed by atoms with Crippen LogP contribution in [-0.4, -0.2) is 26.9 Å². The Hall–Kier alpha value is -3.66. The zero-order chi connectivity index (χ0) is 21.0. The van der Waals surface area contributed by atoms with Crippen LogP contribution in [-0.2, 0) is 9.53 Å². The quantitative estimate of drug-likeness (QED) is 0.603. The molecule has 7 nitrogen and oxygen atoms in total. The lowest BCUT2D eigenvalue weighted by molar-refractivity contribution is -0.143. The molecule has 0 radical (unpaired) electrons. The van der Waals surface area contributed by atoms with E-state index in [-0.39, 0.29) is 17.6 Å². The van der Waals surface area contributed by atoms with Gasteiger partial charge in [-0.05, 0) is 61.7 Å². The number of carbonyl (C=O) groups excluding carboxylic acids is 1. The molecule has 7 heteroatoms. The largest absolute Gasteiger partial charge is 0.466 e. The highest BCUT2D eigenvalue weighted by atomic mass is 16.5. The van der Waals surface area contributed by atoms with Crippen LogP contribution in [0.1, 0.15) is 43.1 Å². The molecule has 3 aromatic rings. The van der Waals surface area contributed by atoms with E-state index >= 15 is 0 Å². The predicted molar refractivity (Wildman–Crippen MR) is 108 cm³/mol. The predicted octanol–water partition coefficient (Wildman–Crippen LogP) is 3.26. The molecule has 0 aliphatic heterocycles. The molecule has 0 fully saturated rings. The van der Waals surface area contributed by atoms with Crippen molar-refractivity contribution in [3.8, 4) is 17.4 Å². The summed E-state index contributed by atoms with van der Waals surface area (Å²) in [5.74, 6) is 0.341. The first-order valence-electron chi connectivity index (χ1n) is 9.39. The van der Waals surface area contributed by atoms with Crippen molar-refractivity contribution in [2.45, 2.75) is 33.1 Å². The smallest absolute Gasteiger partial charge is 0.355 e. The van der Waals surface area contributed by atoms with E-state index in [1.54, 1.807) is 38.1 Å². The van der Waals surface area contributed by atoms with Gasteiger partial charge in [-0.25, -0.2) is 9.36 Å². The van der Waals surface area contributed by atoms with Gasteiger partial charge in [0.05, 0.1) is 36.0 Å². The number of esters is 1. The van der Waals surface area contributed by atoms with E-state index in [4.69, 9.17) is 10.00 Å². The first-order valence-corrected chi connectivity index (χ1v) is 9.39. The van der Waals surface area contributed by atoms with Crippen LogP contribution in [0.4, 0.5) is 0 Å². The van der Waals surface area contributed by atoms with Crippen molar-refractivity contribution >= 4 is 5.97 Å². The van der Waals surface area contributed by atoms with E-state index in [0.29, 0.717) is 35.8 Å². The average Bonchev–Trinajstić information content (AvgIpc) is 3.02. The lowest BCUT2D eigenvalue weighted by atomic mass is 9.98. The molecule has 0 saturated heterocycles. The van der Waals surface area contributed by atoms with E-state index in [2.05, 4.69) is 11.2 Å². The van der Waals surface area contributed by atoms with Gasteiger partial charge < -0.3 is 4.74 Å². The van der Waals surface area contributed by atoms with Crippen LogP contribution in [0.3, 0.4) is 0 Å². The van der Waals surface area contributed by atoms with Crippen LogP contribution in [0.15, 0.2) is 53.3 Å². The van der Waals surface area contributed by atoms with Crippen molar-refractivity contribution in [2.75, 3.05) is 6.61 Å². The number of aromatic nitrogens is 3. The van der Waals surface area contributed by atoms with Gasteiger partial charge >= 0.3 is 11.7 Å². The molecule has 1 aromatic heterocycles. The summed E-state index contributed by atoms with van der Waals surface area (Å²) >= 11 is 0. The molecule has 0 bridgehead atoms. The zero-order valence-corrected chi connectivity index (χ0v) is 16.6. The summed E-state index contributed by atoms with van der Waals surface area (Å²) in [5.41, 5.74) is 2.51. The number of rotatable bonds is 6. The average molecular weight is 390 g/mol. The standard InChI is InChI=1S/C22H22N4O3/c1-4-29-21(27)13-15(2)18-7-11-19(12-8-18)25-16(3)24-26(22(25)28)20-9-5-17(14-23)6-10-20/h5-12,15H,4,13H2,1-3H3. The highest BCUT2D eigenvalue weighted by molar-refractivity contribution is 5.70. The van der Waals surface area contributed by atoms with Crippen molar-refractivity contribution in [2.24, 2.45) is 0 Å². The highest BCUT2D eigenvalue weighted by Crippen LogP contribution is 2.21. The van der Waals surface area contributed by atoms with Gasteiger partial charge in [0.1, 0.15) is 5.82 Å². The number of nitriles is 1. The van der Waals surface area contributed by atoms with Gasteiger partial charge in [-0.15, -0.1) is 5.10 Å². The normalized spacial score (nSPS) is 11.7. The molecule has 0 saturated carbocycles. The van der Waals surface area contributed by atoms with Crippen molar-refractivity contribution in [1.29, 1.82) is 5.26 Å². The second-order valence-corrected chi connectivity index (χ2v) is 6.74. The van der Waals surface area contributed by atoms with E-state index in [0.717, 1.165) is 5.56 Å². The minimum atomic E-state index is -0.292. The summed E-state index contributed by atoms with van der Waals surface area (Å²) < 4.78 is 7.84. The summed E-state index contributed by atoms with van der Waals surface area (Å²) in [6.45, 7) is 5.89. The van der Waals surface area contributed by atoms with Crippen LogP contribution in [0.2, 0.25) is 0 Å². The van der Waals surface area contributed by atoms with Crippen molar-refractivity contribution in [3.05, 3.63) is 76.0 Å². The molecule has 2 aromatic carbocycles. The van der Waals surface area contributed by atoms with Gasteiger partial charge in [-0.3, -0.25) is 4.79 Å². The number of benzene rings is 2. The second kappa shape index (κ2) is 8.57. The van der Waals surface area contributed by atoms with Crippen LogP contribution < -0.4 is 5.69 Å². The number of carbonyl (C=O) groups is 1. The Morgan fingerprint density at radius 3 is 2.34 bits per heavy atom. The van der Waals surface area contributed by atoms with Crippen molar-refractivity contribution in [3.63, 3.8) is 0 Å². The fraction of sp³-hybridized carbons (Fsp3) is 0.273. The third-order valence-corrected chi connectivity index (χ3v) is 4.68. The van der Waals surface area contributed by atoms with Gasteiger partial charge in [0.2, 0.25) is 0 Å². The van der Waals surface area contributed by atoms with E-state index in [1.165, 1.54) is 9.25 Å². The fourth-order valence-corrected chi connectivity index (χ4v) is 3.15. The molecule has 0 aliphatic rings. The van der Waals surface area contributed by atoms with E-state index in [1.807, 2.05) is 31.2 Å². The van der Waals surface area contributed by atoms with Crippen LogP contribution in [0, 0.1) is 18.3 Å². The summed E-state index contributed by atoms with van der Waals surface area (Å²) in [7, 11) is 0. The van der Waals surface area contributed by atoms with Gasteiger partial charge in [0.15, 0.2) is 0 Å². The van der Waals surface area contributed by atoms with E-state index < -0.39 is 0 Å². The first-order chi connectivity index (χ1) is 13.9. The lowest BCUT2D eigenvalue weighted by Crippen LogP contribution is -2.23. The Balaban J connectivity index is 1.87. The maximum Gasteiger partial charge on any atom is 0.355 e. The van der Waals surface area contributed by atoms with Gasteiger partial charge in [0, 0.05) is 0 Å². The maximum atomic E-state index is 12.9. The molecule has 1 atom stereocenters. The molecule has 0 spiro atoms. The summed E-state index contributed by atoms with van der Waals surface area (Å²) in [5, 5.41) is 13.3. The van der Waals surface area contributed by atoms with Gasteiger partial charge in [-0.1, -0.05) is 19.1 Å². The molecule has 0 N–H and O–H groups in total. The summed E-state index contributed by atoms with van der Waals surface area (Å²) in [6, 6.07) is 16.2. The molecular formula is C22H22N4O3. The number of ether oxygens (including phenoxy) is 1. The molecule has 3 rings (SSSR count). The van der Waals surface area contributed by atoms with Crippen LogP contribution in [0.25, 0.3) is 11.4 Å². The Morgan fingerprint density at radius 2 is 1.76 bits per heavy atom. The Labute approximate surface area is 168 Å². The molecule has 1 unspecified atom stereocenters. The number of hydrogen-bond acceptors (Lipinski definition) is 5. The van der Waals surface area contributed by atoms with Crippen LogP contribution in [0.5, 0.6) is 0 Å². The van der Waals surface area contributed by atoms with Crippen LogP contribution >= 0.6 is 0 Å². The van der Waals surface area contributed by atoms with Gasteiger partial charge in [-0.2, -0.15) is 9.94 Å². The van der Waals surface area contributed by atoms with Crippen molar-refractivity contribution < 1.29 is 9.53 Å². The third kappa shape index (κ3) is 4.27. The summed E-state index contributed by atoms with van der Waals surface area (Å²) in [6.07, 6.45) is 0.308. The van der Waals surface area contributed by atoms with E-state index in [9.17, 15) is 9.59 Å². The highest BCUT2D eigenvalue weighted by Gasteiger charge is 2.15. The number of hydrogen-bond donors (Lipinski definition) is 0. The molecular weight excluding hydrogens is 368 g/mol. The zero-order valence-electron chi connectivity index (χ0n) is 16.6. The monoisotopic (exact) mass is 390 g/mol. The molecule has 0 amide bonds. The maximum absolute atomic E-state index is 12.9. The number of nitrogens with zero attached hydrogens (tertiary/aromatic N) is 4. The first kappa shape index (κ1) is 20.1. The topological polar surface area (TPSA) is 89.9 Å². The Kier molecular flexibility index (Phi) is 5.93. The van der Waals surface area contributed by atoms with Crippen molar-refractivity contribution in [1.82, 2.24) is 14.3 Å². The second-order valence-electron chi connectivity index (χ2n) is 6.74. The minimum absolute atomic E-state index is 0.0160. The lowest BCUT2D eigenvalue weighted by Gasteiger charge is -2.12. The third-order valence-electron chi connectivity index (χ3n) is 4.68. The fourth-order valence-electron chi connectivity index (χ4n) is 3.15. The minimum Gasteiger partial charge on any atom is -0.466 e. The molecule has 1 heterocycles. The Morgan fingerprint density at radius 1 is 1.14 bits per heavy atom. The van der Waals surface area contributed by atoms with Gasteiger partial charge in [0.25, 0.3) is 0 Å². The molecule has 148 valence electrons. The molecule has 0 aliphatic carbocycles. The molecule has 29 heavy (non-hydrogen) atoms. The SMILES string of the molecule is CCOC(=O)CC(C)c1ccc(-n2c(C)nn(-c3ccc(C#N)cc3)c2=O)cc1. The summed E-state index contributed by atoms with van der Waals surface area (Å²) in [4.78, 5) is 24.6. The number of aryl methyl sites for hydroxylation is 1.